The van der Waals surface area contributed by atoms with Gasteiger partial charge in [0.2, 0.25) is 0 Å². The van der Waals surface area contributed by atoms with Crippen LogP contribution >= 0.6 is 0 Å². The number of halogens is 1. The summed E-state index contributed by atoms with van der Waals surface area (Å²) in [6.07, 6.45) is 5.06. The van der Waals surface area contributed by atoms with E-state index in [1.807, 2.05) is 0 Å². The number of hydrogen-bond acceptors (Lipinski definition) is 2. The predicted molar refractivity (Wildman–Crippen MR) is 63.8 cm³/mol. The van der Waals surface area contributed by atoms with Gasteiger partial charge in [0.05, 0.1) is 0 Å². The summed E-state index contributed by atoms with van der Waals surface area (Å²) < 4.78 is 13.4. The molecule has 88 valence electrons. The van der Waals surface area contributed by atoms with Gasteiger partial charge in [-0.15, -0.1) is 0 Å². The molecule has 1 N–H and O–H groups in total. The Balaban J connectivity index is 1.98. The van der Waals surface area contributed by atoms with Crippen LogP contribution in [0.4, 0.5) is 10.2 Å². The number of nitrogens with one attached hydrogen (secondary N) is 1. The summed E-state index contributed by atoms with van der Waals surface area (Å²) in [5.41, 5.74) is 0. The van der Waals surface area contributed by atoms with Gasteiger partial charge in [0.25, 0.3) is 0 Å². The maximum Gasteiger partial charge on any atom is 0.165 e. The van der Waals surface area contributed by atoms with Crippen LogP contribution in [0.5, 0.6) is 0 Å². The van der Waals surface area contributed by atoms with Gasteiger partial charge in [-0.2, -0.15) is 0 Å². The van der Waals surface area contributed by atoms with E-state index in [2.05, 4.69) is 24.1 Å². The van der Waals surface area contributed by atoms with Gasteiger partial charge in [-0.3, -0.25) is 0 Å². The lowest BCUT2D eigenvalue weighted by Crippen LogP contribution is -2.30. The fourth-order valence-corrected chi connectivity index (χ4v) is 2.36. The van der Waals surface area contributed by atoms with Crippen molar-refractivity contribution >= 4 is 5.82 Å². The second kappa shape index (κ2) is 4.81. The van der Waals surface area contributed by atoms with E-state index in [0.29, 0.717) is 17.8 Å². The van der Waals surface area contributed by atoms with Crippen molar-refractivity contribution in [3.05, 3.63) is 24.1 Å². The standard InChI is InChI=1S/C13H19FN2/c1-9-5-6-11(8-10(9)2)16-13-12(14)4-3-7-15-13/h3-4,7,9-11H,5-6,8H2,1-2H3,(H,15,16). The molecule has 0 radical (unpaired) electrons. The molecule has 0 amide bonds. The minimum absolute atomic E-state index is 0.256. The molecule has 2 rings (SSSR count). The SMILES string of the molecule is CC1CCC(Nc2ncccc2F)CC1C. The first-order chi connectivity index (χ1) is 7.66. The first-order valence-corrected chi connectivity index (χ1v) is 6.04. The number of nitrogens with zero attached hydrogens (tertiary/aromatic N) is 1. The van der Waals surface area contributed by atoms with E-state index >= 15 is 0 Å². The highest BCUT2D eigenvalue weighted by Crippen LogP contribution is 2.30. The van der Waals surface area contributed by atoms with Crippen molar-refractivity contribution in [1.29, 1.82) is 0 Å². The fraction of sp³-hybridized carbons (Fsp3) is 0.615. The van der Waals surface area contributed by atoms with E-state index in [1.54, 1.807) is 12.3 Å². The number of hydrogen-bond donors (Lipinski definition) is 1. The average molecular weight is 222 g/mol. The lowest BCUT2D eigenvalue weighted by molar-refractivity contribution is 0.260. The fourth-order valence-electron chi connectivity index (χ4n) is 2.36. The Morgan fingerprint density at radius 3 is 2.81 bits per heavy atom. The molecular weight excluding hydrogens is 203 g/mol. The van der Waals surface area contributed by atoms with E-state index in [-0.39, 0.29) is 5.82 Å². The van der Waals surface area contributed by atoms with Gasteiger partial charge in [-0.25, -0.2) is 9.37 Å². The summed E-state index contributed by atoms with van der Waals surface area (Å²) >= 11 is 0. The summed E-state index contributed by atoms with van der Waals surface area (Å²) in [4.78, 5) is 4.03. The van der Waals surface area contributed by atoms with Gasteiger partial charge in [0.15, 0.2) is 11.6 Å². The zero-order valence-electron chi connectivity index (χ0n) is 9.91. The highest BCUT2D eigenvalue weighted by atomic mass is 19.1. The third-order valence-corrected chi connectivity index (χ3v) is 3.70. The Hall–Kier alpha value is -1.12. The van der Waals surface area contributed by atoms with Gasteiger partial charge >= 0.3 is 0 Å². The molecule has 1 saturated carbocycles. The van der Waals surface area contributed by atoms with Gasteiger partial charge in [0, 0.05) is 12.2 Å². The highest BCUT2D eigenvalue weighted by Gasteiger charge is 2.24. The molecule has 3 atom stereocenters. The molecule has 1 heterocycles. The molecule has 0 spiro atoms. The first-order valence-electron chi connectivity index (χ1n) is 6.04. The third kappa shape index (κ3) is 2.52. The average Bonchev–Trinajstić information content (AvgIpc) is 2.27. The Morgan fingerprint density at radius 2 is 2.12 bits per heavy atom. The predicted octanol–water partition coefficient (Wildman–Crippen LogP) is 3.46. The minimum atomic E-state index is -0.256. The van der Waals surface area contributed by atoms with Crippen molar-refractivity contribution in [3.63, 3.8) is 0 Å². The molecule has 0 bridgehead atoms. The van der Waals surface area contributed by atoms with Crippen LogP contribution in [0, 0.1) is 17.7 Å². The lowest BCUT2D eigenvalue weighted by atomic mass is 9.79. The van der Waals surface area contributed by atoms with Crippen LogP contribution in [0.2, 0.25) is 0 Å². The van der Waals surface area contributed by atoms with Crippen molar-refractivity contribution in [3.8, 4) is 0 Å². The molecule has 3 unspecified atom stereocenters. The molecule has 16 heavy (non-hydrogen) atoms. The normalized spacial score (nSPS) is 30.1. The second-order valence-electron chi connectivity index (χ2n) is 4.94. The van der Waals surface area contributed by atoms with E-state index in [0.717, 1.165) is 18.8 Å². The molecule has 0 aromatic carbocycles. The van der Waals surface area contributed by atoms with Crippen LogP contribution in [-0.2, 0) is 0 Å². The number of aromatic nitrogens is 1. The van der Waals surface area contributed by atoms with Crippen molar-refractivity contribution in [2.24, 2.45) is 11.8 Å². The lowest BCUT2D eigenvalue weighted by Gasteiger charge is -2.32. The Labute approximate surface area is 96.3 Å². The van der Waals surface area contributed by atoms with Crippen LogP contribution < -0.4 is 5.32 Å². The molecule has 2 nitrogen and oxygen atoms in total. The molecule has 0 saturated heterocycles. The van der Waals surface area contributed by atoms with Crippen LogP contribution in [0.3, 0.4) is 0 Å². The van der Waals surface area contributed by atoms with Gasteiger partial charge in [0.1, 0.15) is 0 Å². The van der Waals surface area contributed by atoms with Crippen LogP contribution in [0.15, 0.2) is 18.3 Å². The first kappa shape index (κ1) is 11.4. The smallest absolute Gasteiger partial charge is 0.165 e. The van der Waals surface area contributed by atoms with Gasteiger partial charge in [-0.1, -0.05) is 13.8 Å². The number of pyridine rings is 1. The van der Waals surface area contributed by atoms with Crippen LogP contribution in [0.25, 0.3) is 0 Å². The molecule has 0 aliphatic heterocycles. The largest absolute Gasteiger partial charge is 0.365 e. The van der Waals surface area contributed by atoms with Crippen LogP contribution in [-0.4, -0.2) is 11.0 Å². The Bertz CT molecular complexity index is 354. The summed E-state index contributed by atoms with van der Waals surface area (Å²) in [6.45, 7) is 4.57. The molecule has 1 fully saturated rings. The molecule has 1 aromatic heterocycles. The maximum atomic E-state index is 13.4. The third-order valence-electron chi connectivity index (χ3n) is 3.70. The zero-order valence-corrected chi connectivity index (χ0v) is 9.91. The summed E-state index contributed by atoms with van der Waals surface area (Å²) in [7, 11) is 0. The quantitative estimate of drug-likeness (QED) is 0.829. The molecule has 1 aromatic rings. The van der Waals surface area contributed by atoms with Crippen LogP contribution in [0.1, 0.15) is 33.1 Å². The molecular formula is C13H19FN2. The van der Waals surface area contributed by atoms with Gasteiger partial charge < -0.3 is 5.32 Å². The topological polar surface area (TPSA) is 24.9 Å². The second-order valence-corrected chi connectivity index (χ2v) is 4.94. The molecule has 1 aliphatic rings. The van der Waals surface area contributed by atoms with E-state index in [9.17, 15) is 4.39 Å². The van der Waals surface area contributed by atoms with E-state index in [4.69, 9.17) is 0 Å². The Kier molecular flexibility index (Phi) is 3.42. The van der Waals surface area contributed by atoms with Crippen molar-refractivity contribution in [2.45, 2.75) is 39.2 Å². The van der Waals surface area contributed by atoms with Crippen molar-refractivity contribution in [2.75, 3.05) is 5.32 Å². The zero-order chi connectivity index (χ0) is 11.5. The van der Waals surface area contributed by atoms with E-state index in [1.165, 1.54) is 12.5 Å². The number of anilines is 1. The molecule has 3 heteroatoms. The van der Waals surface area contributed by atoms with Crippen molar-refractivity contribution in [1.82, 2.24) is 4.98 Å². The monoisotopic (exact) mass is 222 g/mol. The highest BCUT2D eigenvalue weighted by molar-refractivity contribution is 5.36. The number of rotatable bonds is 2. The summed E-state index contributed by atoms with van der Waals surface area (Å²) in [5.74, 6) is 1.63. The summed E-state index contributed by atoms with van der Waals surface area (Å²) in [6, 6.07) is 3.44. The van der Waals surface area contributed by atoms with E-state index < -0.39 is 0 Å². The molecule has 1 aliphatic carbocycles. The Morgan fingerprint density at radius 1 is 1.31 bits per heavy atom. The van der Waals surface area contributed by atoms with Gasteiger partial charge in [-0.05, 0) is 43.2 Å². The maximum absolute atomic E-state index is 13.4. The summed E-state index contributed by atoms with van der Waals surface area (Å²) in [5, 5.41) is 3.21. The van der Waals surface area contributed by atoms with Crippen molar-refractivity contribution < 1.29 is 4.39 Å². The minimum Gasteiger partial charge on any atom is -0.365 e.